The Labute approximate surface area is 412 Å². The summed E-state index contributed by atoms with van der Waals surface area (Å²) >= 11 is 0. The molecule has 4 heterocycles. The second-order valence-corrected chi connectivity index (χ2v) is 21.8. The van der Waals surface area contributed by atoms with Crippen molar-refractivity contribution in [1.29, 1.82) is 0 Å². The number of rotatable bonds is 4. The van der Waals surface area contributed by atoms with Crippen LogP contribution in [0.3, 0.4) is 0 Å². The Morgan fingerprint density at radius 2 is 0.900 bits per heavy atom. The van der Waals surface area contributed by atoms with Gasteiger partial charge in [-0.2, -0.15) is 0 Å². The molecule has 4 heteroatoms. The molecule has 336 valence electrons. The Bertz CT molecular complexity index is 3660. The first kappa shape index (κ1) is 40.3. The Hall–Kier alpha value is -7.56. The van der Waals surface area contributed by atoms with Crippen molar-refractivity contribution in [2.24, 2.45) is 0 Å². The first-order valence-electron chi connectivity index (χ1n) is 25.6. The molecule has 0 saturated carbocycles. The molecule has 3 nitrogen and oxygen atoms in total. The summed E-state index contributed by atoms with van der Waals surface area (Å²) < 4.78 is 0. The molecule has 4 aliphatic heterocycles. The van der Waals surface area contributed by atoms with Crippen LogP contribution in [0, 0.1) is 0 Å². The van der Waals surface area contributed by atoms with Gasteiger partial charge in [0.1, 0.15) is 0 Å². The van der Waals surface area contributed by atoms with Crippen LogP contribution in [-0.4, -0.2) is 6.71 Å². The van der Waals surface area contributed by atoms with E-state index in [0.717, 1.165) is 31.4 Å². The van der Waals surface area contributed by atoms with Crippen molar-refractivity contribution in [2.75, 3.05) is 14.7 Å². The number of hydrogen-bond donors (Lipinski definition) is 0. The van der Waals surface area contributed by atoms with Gasteiger partial charge in [-0.3, -0.25) is 0 Å². The van der Waals surface area contributed by atoms with Crippen molar-refractivity contribution in [3.8, 4) is 22.3 Å². The zero-order valence-corrected chi connectivity index (χ0v) is 40.4. The minimum absolute atomic E-state index is 0.00785. The lowest BCUT2D eigenvalue weighted by Crippen LogP contribution is -2.64. The van der Waals surface area contributed by atoms with Gasteiger partial charge in [-0.05, 0) is 148 Å². The van der Waals surface area contributed by atoms with Gasteiger partial charge in [-0.25, -0.2) is 0 Å². The highest BCUT2D eigenvalue weighted by molar-refractivity contribution is 7.00. The van der Waals surface area contributed by atoms with Crippen molar-refractivity contribution in [1.82, 2.24) is 0 Å². The highest BCUT2D eigenvalue weighted by Gasteiger charge is 2.64. The lowest BCUT2D eigenvalue weighted by Gasteiger charge is -2.54. The standard InChI is InChI=1S/C66H54BN3/c1-63-38-36-46-22-11-13-24-51(46)65(63,3)69(57-29-16-15-26-53(57)63)50-41-59-61-60(42-50)70-62-54(64(2)39-37-47-23-12-14-25-52(47)66(64,70)4)27-17-28-55(62)67(61)56-40-48(44-20-9-6-10-21-44)32-35-58(56)68(59)49-33-30-45(31-34-49)43-18-7-5-8-19-43/h5-35,40-42H,36-39H2,1-4H3. The lowest BCUT2D eigenvalue weighted by atomic mass is 9.33. The summed E-state index contributed by atoms with van der Waals surface area (Å²) in [6.45, 7) is 10.3. The molecule has 0 aromatic heterocycles. The lowest BCUT2D eigenvalue weighted by molar-refractivity contribution is 0.244. The van der Waals surface area contributed by atoms with Crippen LogP contribution in [0.4, 0.5) is 39.8 Å². The number of aryl methyl sites for hydroxylation is 2. The summed E-state index contributed by atoms with van der Waals surface area (Å²) in [6, 6.07) is 79.1. The molecule has 9 aromatic carbocycles. The van der Waals surface area contributed by atoms with Crippen LogP contribution in [0.1, 0.15) is 73.9 Å². The van der Waals surface area contributed by atoms with Gasteiger partial charge in [0.15, 0.2) is 0 Å². The van der Waals surface area contributed by atoms with Gasteiger partial charge < -0.3 is 14.7 Å². The monoisotopic (exact) mass is 899 g/mol. The molecule has 2 aliphatic carbocycles. The molecular formula is C66H54BN3. The second kappa shape index (κ2) is 14.0. The van der Waals surface area contributed by atoms with E-state index >= 15 is 0 Å². The van der Waals surface area contributed by atoms with Crippen molar-refractivity contribution in [3.63, 3.8) is 0 Å². The molecule has 15 rings (SSSR count). The van der Waals surface area contributed by atoms with Gasteiger partial charge in [-0.1, -0.05) is 184 Å². The fourth-order valence-electron chi connectivity index (χ4n) is 15.2. The molecule has 0 saturated heterocycles. The number of anilines is 7. The maximum Gasteiger partial charge on any atom is 0.252 e. The van der Waals surface area contributed by atoms with Gasteiger partial charge >= 0.3 is 0 Å². The predicted octanol–water partition coefficient (Wildman–Crippen LogP) is 14.2. The third-order valence-electron chi connectivity index (χ3n) is 18.9. The minimum atomic E-state index is -0.357. The Morgan fingerprint density at radius 1 is 0.371 bits per heavy atom. The van der Waals surface area contributed by atoms with Crippen LogP contribution < -0.4 is 31.1 Å². The summed E-state index contributed by atoms with van der Waals surface area (Å²) in [6.07, 6.45) is 4.31. The van der Waals surface area contributed by atoms with Gasteiger partial charge in [0, 0.05) is 50.6 Å². The molecule has 4 atom stereocenters. The van der Waals surface area contributed by atoms with Gasteiger partial charge in [-0.15, -0.1) is 0 Å². The number of hydrogen-bond acceptors (Lipinski definition) is 3. The van der Waals surface area contributed by atoms with E-state index in [2.05, 4.69) is 249 Å². The fourth-order valence-corrected chi connectivity index (χ4v) is 15.2. The van der Waals surface area contributed by atoms with E-state index < -0.39 is 0 Å². The second-order valence-electron chi connectivity index (χ2n) is 21.8. The van der Waals surface area contributed by atoms with Crippen LogP contribution in [-0.2, 0) is 34.7 Å². The third-order valence-corrected chi connectivity index (χ3v) is 18.9. The van der Waals surface area contributed by atoms with Gasteiger partial charge in [0.25, 0.3) is 6.71 Å². The van der Waals surface area contributed by atoms with Gasteiger partial charge in [0.05, 0.1) is 11.1 Å². The third kappa shape index (κ3) is 4.92. The van der Waals surface area contributed by atoms with E-state index in [9.17, 15) is 0 Å². The Morgan fingerprint density at radius 3 is 1.59 bits per heavy atom. The van der Waals surface area contributed by atoms with E-state index in [0.29, 0.717) is 0 Å². The normalized spacial score (nSPS) is 23.6. The molecule has 0 bridgehead atoms. The zero-order chi connectivity index (χ0) is 46.7. The van der Waals surface area contributed by atoms with Gasteiger partial charge in [0.2, 0.25) is 0 Å². The molecule has 4 unspecified atom stereocenters. The molecule has 70 heavy (non-hydrogen) atoms. The first-order chi connectivity index (χ1) is 34.2. The maximum absolute atomic E-state index is 2.87. The number of para-hydroxylation sites is 2. The van der Waals surface area contributed by atoms with Crippen LogP contribution in [0.25, 0.3) is 22.3 Å². The molecule has 0 fully saturated rings. The summed E-state index contributed by atoms with van der Waals surface area (Å²) in [5.74, 6) is 0. The first-order valence-corrected chi connectivity index (χ1v) is 25.6. The van der Waals surface area contributed by atoms with E-state index in [1.54, 1.807) is 0 Å². The molecule has 6 aliphatic rings. The number of benzene rings is 9. The van der Waals surface area contributed by atoms with Crippen LogP contribution in [0.15, 0.2) is 206 Å². The summed E-state index contributed by atoms with van der Waals surface area (Å²) in [5, 5.41) is 0. The SMILES string of the molecule is CC12CCc3ccccc3C1(C)N(c1cc3c4c(c1)N1c5c(cccc5C5(C)CCc6ccccc6C15C)B4c1cc(-c4ccccc4)ccc1N3c1ccc(-c3ccccc3)cc1)c1ccccc12. The van der Waals surface area contributed by atoms with Crippen molar-refractivity contribution in [2.45, 2.75) is 75.3 Å². The summed E-state index contributed by atoms with van der Waals surface area (Å²) in [4.78, 5) is 8.28. The fraction of sp³-hybridized carbons (Fsp3) is 0.182. The topological polar surface area (TPSA) is 9.72 Å². The number of fused-ring (bicyclic) bond motifs is 14. The molecule has 0 radical (unpaired) electrons. The smallest absolute Gasteiger partial charge is 0.252 e. The highest BCUT2D eigenvalue weighted by Crippen LogP contribution is 2.67. The molecule has 9 aromatic rings. The molecular weight excluding hydrogens is 846 g/mol. The van der Waals surface area contributed by atoms with E-state index in [1.807, 2.05) is 0 Å². The van der Waals surface area contributed by atoms with Crippen LogP contribution in [0.2, 0.25) is 0 Å². The van der Waals surface area contributed by atoms with Crippen molar-refractivity contribution in [3.05, 3.63) is 240 Å². The maximum atomic E-state index is 2.87. The van der Waals surface area contributed by atoms with Crippen molar-refractivity contribution >= 4 is 62.9 Å². The van der Waals surface area contributed by atoms with Crippen molar-refractivity contribution < 1.29 is 0 Å². The molecule has 0 spiro atoms. The summed E-state index contributed by atoms with van der Waals surface area (Å²) in [7, 11) is 0. The molecule has 0 amide bonds. The van der Waals surface area contributed by atoms with Crippen LogP contribution in [0.5, 0.6) is 0 Å². The average molecular weight is 900 g/mol. The largest absolute Gasteiger partial charge is 0.331 e. The Balaban J connectivity index is 1.07. The summed E-state index contributed by atoms with van der Waals surface area (Å²) in [5.41, 5.74) is 25.7. The van der Waals surface area contributed by atoms with E-state index in [1.165, 1.54) is 106 Å². The highest BCUT2D eigenvalue weighted by atomic mass is 15.3. The van der Waals surface area contributed by atoms with E-state index in [-0.39, 0.29) is 28.6 Å². The van der Waals surface area contributed by atoms with Crippen LogP contribution >= 0.6 is 0 Å². The molecule has 0 N–H and O–H groups in total. The zero-order valence-electron chi connectivity index (χ0n) is 40.4. The van der Waals surface area contributed by atoms with E-state index in [4.69, 9.17) is 0 Å². The average Bonchev–Trinajstić information content (AvgIpc) is 3.76. The minimum Gasteiger partial charge on any atom is -0.331 e. The predicted molar refractivity (Wildman–Crippen MR) is 293 cm³/mol. The quantitative estimate of drug-likeness (QED) is 0.163. The number of nitrogens with zero attached hydrogens (tertiary/aromatic N) is 3. The Kier molecular flexibility index (Phi) is 8.09.